The van der Waals surface area contributed by atoms with Crippen LogP contribution < -0.4 is 5.73 Å². The van der Waals surface area contributed by atoms with Crippen LogP contribution in [0.5, 0.6) is 0 Å². The van der Waals surface area contributed by atoms with Gasteiger partial charge in [-0.25, -0.2) is 0 Å². The first-order valence-corrected chi connectivity index (χ1v) is 3.72. The minimum atomic E-state index is 0.804. The lowest BCUT2D eigenvalue weighted by Gasteiger charge is -2.31. The van der Waals surface area contributed by atoms with Crippen LogP contribution in [0.25, 0.3) is 0 Å². The Morgan fingerprint density at radius 3 is 1.78 bits per heavy atom. The summed E-state index contributed by atoms with van der Waals surface area (Å²) < 4.78 is 1.11. The molecule has 0 aromatic carbocycles. The second-order valence-electron chi connectivity index (χ2n) is 2.76. The third-order valence-corrected chi connectivity index (χ3v) is 2.20. The van der Waals surface area contributed by atoms with E-state index >= 15 is 0 Å². The second kappa shape index (κ2) is 3.85. The van der Waals surface area contributed by atoms with Crippen LogP contribution in [0.3, 0.4) is 0 Å². The molecule has 0 aliphatic heterocycles. The standard InChI is InChI=1S/C7H19N2/c1-4-9(3,5-2)7-6-8/h4-8H2,1-3H3/q+1. The van der Waals surface area contributed by atoms with Crippen LogP contribution in [0.1, 0.15) is 13.8 Å². The summed E-state index contributed by atoms with van der Waals surface area (Å²) in [5.74, 6) is 0. The molecule has 0 aromatic rings. The van der Waals surface area contributed by atoms with Crippen molar-refractivity contribution in [3.63, 3.8) is 0 Å². The maximum Gasteiger partial charge on any atom is 0.0909 e. The molecule has 0 radical (unpaired) electrons. The topological polar surface area (TPSA) is 26.0 Å². The van der Waals surface area contributed by atoms with Crippen molar-refractivity contribution in [2.75, 3.05) is 33.2 Å². The first-order valence-electron chi connectivity index (χ1n) is 3.72. The van der Waals surface area contributed by atoms with Gasteiger partial charge in [0.1, 0.15) is 0 Å². The average molecular weight is 131 g/mol. The van der Waals surface area contributed by atoms with Gasteiger partial charge in [-0.3, -0.25) is 0 Å². The summed E-state index contributed by atoms with van der Waals surface area (Å²) in [6.07, 6.45) is 0. The number of nitrogens with zero attached hydrogens (tertiary/aromatic N) is 1. The largest absolute Gasteiger partial charge is 0.326 e. The van der Waals surface area contributed by atoms with Crippen LogP contribution in [0.4, 0.5) is 0 Å². The summed E-state index contributed by atoms with van der Waals surface area (Å²) >= 11 is 0. The molecular formula is C7H19N2+. The van der Waals surface area contributed by atoms with E-state index in [0.29, 0.717) is 0 Å². The summed E-state index contributed by atoms with van der Waals surface area (Å²) in [6.45, 7) is 8.70. The van der Waals surface area contributed by atoms with Gasteiger partial charge in [-0.05, 0) is 13.8 Å². The molecule has 2 N–H and O–H groups in total. The molecule has 2 heteroatoms. The lowest BCUT2D eigenvalue weighted by Crippen LogP contribution is -2.46. The Hall–Kier alpha value is -0.0800. The summed E-state index contributed by atoms with van der Waals surface area (Å²) in [5, 5.41) is 0. The highest BCUT2D eigenvalue weighted by Crippen LogP contribution is 1.97. The average Bonchev–Trinajstić information content (AvgIpc) is 1.89. The van der Waals surface area contributed by atoms with Gasteiger partial charge in [0.2, 0.25) is 0 Å². The normalized spacial score (nSPS) is 12.0. The summed E-state index contributed by atoms with van der Waals surface area (Å²) in [5.41, 5.74) is 5.45. The van der Waals surface area contributed by atoms with Gasteiger partial charge in [-0.1, -0.05) is 0 Å². The van der Waals surface area contributed by atoms with Crippen molar-refractivity contribution >= 4 is 0 Å². The van der Waals surface area contributed by atoms with Crippen molar-refractivity contribution in [1.82, 2.24) is 0 Å². The van der Waals surface area contributed by atoms with Crippen molar-refractivity contribution in [3.8, 4) is 0 Å². The minimum absolute atomic E-state index is 0.804. The van der Waals surface area contributed by atoms with E-state index in [-0.39, 0.29) is 0 Å². The van der Waals surface area contributed by atoms with Crippen molar-refractivity contribution < 1.29 is 4.48 Å². The van der Waals surface area contributed by atoms with E-state index in [1.807, 2.05) is 0 Å². The Bertz CT molecular complexity index is 67.3. The highest BCUT2D eigenvalue weighted by molar-refractivity contribution is 4.34. The van der Waals surface area contributed by atoms with Crippen molar-refractivity contribution in [2.24, 2.45) is 5.73 Å². The Morgan fingerprint density at radius 1 is 1.22 bits per heavy atom. The highest BCUT2D eigenvalue weighted by atomic mass is 15.3. The zero-order valence-corrected chi connectivity index (χ0v) is 6.85. The highest BCUT2D eigenvalue weighted by Gasteiger charge is 2.13. The van der Waals surface area contributed by atoms with Gasteiger partial charge in [0.05, 0.1) is 26.7 Å². The van der Waals surface area contributed by atoms with E-state index in [2.05, 4.69) is 20.9 Å². The van der Waals surface area contributed by atoms with Crippen LogP contribution in [-0.4, -0.2) is 37.7 Å². The number of quaternary nitrogens is 1. The number of hydrogen-bond acceptors (Lipinski definition) is 1. The molecule has 0 aliphatic rings. The van der Waals surface area contributed by atoms with Crippen LogP contribution in [0, 0.1) is 0 Å². The maximum atomic E-state index is 5.45. The van der Waals surface area contributed by atoms with Gasteiger partial charge in [0, 0.05) is 6.54 Å². The molecule has 0 bridgehead atoms. The van der Waals surface area contributed by atoms with Gasteiger partial charge in [0.15, 0.2) is 0 Å². The second-order valence-corrected chi connectivity index (χ2v) is 2.76. The third kappa shape index (κ3) is 2.82. The van der Waals surface area contributed by atoms with E-state index in [4.69, 9.17) is 5.73 Å². The van der Waals surface area contributed by atoms with Crippen LogP contribution >= 0.6 is 0 Å². The molecule has 0 rings (SSSR count). The van der Waals surface area contributed by atoms with Crippen molar-refractivity contribution in [3.05, 3.63) is 0 Å². The number of nitrogens with two attached hydrogens (primary N) is 1. The summed E-state index contributed by atoms with van der Waals surface area (Å²) in [6, 6.07) is 0. The van der Waals surface area contributed by atoms with Gasteiger partial charge in [-0.2, -0.15) is 0 Å². The number of likely N-dealkylation sites (N-methyl/N-ethyl adjacent to an activating group) is 1. The van der Waals surface area contributed by atoms with Crippen LogP contribution in [0.15, 0.2) is 0 Å². The Kier molecular flexibility index (Phi) is 3.82. The predicted molar refractivity (Wildman–Crippen MR) is 41.2 cm³/mol. The lowest BCUT2D eigenvalue weighted by molar-refractivity contribution is -0.904. The van der Waals surface area contributed by atoms with Crippen molar-refractivity contribution in [1.29, 1.82) is 0 Å². The smallest absolute Gasteiger partial charge is 0.0909 e. The monoisotopic (exact) mass is 131 g/mol. The molecule has 56 valence electrons. The van der Waals surface area contributed by atoms with Crippen LogP contribution in [-0.2, 0) is 0 Å². The van der Waals surface area contributed by atoms with E-state index in [0.717, 1.165) is 17.6 Å². The first-order chi connectivity index (χ1) is 4.18. The fraction of sp³-hybridized carbons (Fsp3) is 1.00. The van der Waals surface area contributed by atoms with Gasteiger partial charge >= 0.3 is 0 Å². The van der Waals surface area contributed by atoms with E-state index in [1.54, 1.807) is 0 Å². The molecule has 0 atom stereocenters. The fourth-order valence-electron chi connectivity index (χ4n) is 0.852. The third-order valence-electron chi connectivity index (χ3n) is 2.20. The Balaban J connectivity index is 3.62. The molecular weight excluding hydrogens is 112 g/mol. The number of rotatable bonds is 4. The molecule has 0 amide bonds. The number of hydrogen-bond donors (Lipinski definition) is 1. The molecule has 0 saturated carbocycles. The SMILES string of the molecule is CC[N+](C)(CC)CCN. The molecule has 0 aliphatic carbocycles. The zero-order valence-electron chi connectivity index (χ0n) is 6.85. The Labute approximate surface area is 58.2 Å². The van der Waals surface area contributed by atoms with Crippen molar-refractivity contribution in [2.45, 2.75) is 13.8 Å². The Morgan fingerprint density at radius 2 is 1.67 bits per heavy atom. The summed E-state index contributed by atoms with van der Waals surface area (Å²) in [7, 11) is 2.24. The van der Waals surface area contributed by atoms with E-state index in [9.17, 15) is 0 Å². The quantitative estimate of drug-likeness (QED) is 0.550. The lowest BCUT2D eigenvalue weighted by atomic mass is 10.4. The molecule has 0 fully saturated rings. The predicted octanol–water partition coefficient (Wildman–Crippen LogP) is 0.432. The molecule has 0 heterocycles. The summed E-state index contributed by atoms with van der Waals surface area (Å²) in [4.78, 5) is 0. The van der Waals surface area contributed by atoms with E-state index < -0.39 is 0 Å². The van der Waals surface area contributed by atoms with Gasteiger partial charge in [-0.15, -0.1) is 0 Å². The molecule has 9 heavy (non-hydrogen) atoms. The zero-order chi connectivity index (χ0) is 7.33. The molecule has 2 nitrogen and oxygen atoms in total. The van der Waals surface area contributed by atoms with Gasteiger partial charge < -0.3 is 10.2 Å². The first kappa shape index (κ1) is 8.92. The maximum absolute atomic E-state index is 5.45. The van der Waals surface area contributed by atoms with Crippen LogP contribution in [0.2, 0.25) is 0 Å². The van der Waals surface area contributed by atoms with Gasteiger partial charge in [0.25, 0.3) is 0 Å². The molecule has 0 spiro atoms. The molecule has 0 aromatic heterocycles. The molecule has 0 saturated heterocycles. The van der Waals surface area contributed by atoms with E-state index in [1.165, 1.54) is 13.1 Å². The molecule has 0 unspecified atom stereocenters. The minimum Gasteiger partial charge on any atom is -0.326 e. The fourth-order valence-corrected chi connectivity index (χ4v) is 0.852.